The molecule has 1 aliphatic rings. The lowest BCUT2D eigenvalue weighted by Gasteiger charge is -2.31. The maximum Gasteiger partial charge on any atom is 0.416 e. The second-order valence-corrected chi connectivity index (χ2v) is 12.3. The average Bonchev–Trinajstić information content (AvgIpc) is 3.08. The number of hydrogen-bond donors (Lipinski definition) is 3. The van der Waals surface area contributed by atoms with Gasteiger partial charge in [-0.1, -0.05) is 70.5 Å². The van der Waals surface area contributed by atoms with E-state index in [9.17, 15) is 22.8 Å². The van der Waals surface area contributed by atoms with Crippen molar-refractivity contribution >= 4 is 39.6 Å². The maximum absolute atomic E-state index is 13.3. The van der Waals surface area contributed by atoms with E-state index in [1.165, 1.54) is 30.7 Å². The lowest BCUT2D eigenvalue weighted by atomic mass is 10.0. The van der Waals surface area contributed by atoms with Gasteiger partial charge in [-0.3, -0.25) is 14.5 Å². The van der Waals surface area contributed by atoms with Crippen LogP contribution >= 0.6 is 15.9 Å². The smallest absolute Gasteiger partial charge is 0.379 e. The molecule has 0 radical (unpaired) electrons. The van der Waals surface area contributed by atoms with Gasteiger partial charge in [0.2, 0.25) is 0 Å². The van der Waals surface area contributed by atoms with Crippen molar-refractivity contribution in [3.63, 3.8) is 0 Å². The Bertz CT molecular complexity index is 1740. The van der Waals surface area contributed by atoms with Gasteiger partial charge in [0.05, 0.1) is 36.2 Å². The molecule has 1 saturated heterocycles. The molecule has 1 aliphatic heterocycles. The lowest BCUT2D eigenvalue weighted by molar-refractivity contribution is -0.138. The highest BCUT2D eigenvalue weighted by molar-refractivity contribution is 9.10. The van der Waals surface area contributed by atoms with Gasteiger partial charge < -0.3 is 15.4 Å². The Morgan fingerprint density at radius 2 is 1.69 bits per heavy atom. The normalized spacial score (nSPS) is 14.5. The molecule has 48 heavy (non-hydrogen) atoms. The maximum atomic E-state index is 13.3. The van der Waals surface area contributed by atoms with Gasteiger partial charge in [0.1, 0.15) is 0 Å². The summed E-state index contributed by atoms with van der Waals surface area (Å²) >= 11 is 3.34. The average molecular weight is 723 g/mol. The van der Waals surface area contributed by atoms with Crippen molar-refractivity contribution in [1.82, 2.24) is 15.6 Å². The van der Waals surface area contributed by atoms with E-state index in [1.807, 2.05) is 30.3 Å². The second-order valence-electron chi connectivity index (χ2n) is 11.4. The molecule has 0 aliphatic carbocycles. The van der Waals surface area contributed by atoms with Crippen LogP contribution in [0.2, 0.25) is 0 Å². The molecule has 12 heteroatoms. The topological polar surface area (TPSA) is 95.1 Å². The Morgan fingerprint density at radius 3 is 2.40 bits per heavy atom. The molecular weight excluding hydrogens is 687 g/mol. The lowest BCUT2D eigenvalue weighted by Crippen LogP contribution is -2.41. The van der Waals surface area contributed by atoms with E-state index in [0.717, 1.165) is 50.7 Å². The van der Waals surface area contributed by atoms with E-state index in [2.05, 4.69) is 54.1 Å². The van der Waals surface area contributed by atoms with Crippen molar-refractivity contribution in [1.29, 1.82) is 0 Å². The molecule has 1 atom stereocenters. The minimum atomic E-state index is -4.51. The monoisotopic (exact) mass is 721 g/mol. The van der Waals surface area contributed by atoms with Crippen LogP contribution in [-0.4, -0.2) is 55.8 Å². The summed E-state index contributed by atoms with van der Waals surface area (Å²) in [5.41, 5.74) is 4.77. The fourth-order valence-electron chi connectivity index (χ4n) is 5.29. The van der Waals surface area contributed by atoms with Crippen LogP contribution in [0.25, 0.3) is 0 Å². The number of amides is 2. The van der Waals surface area contributed by atoms with Crippen LogP contribution in [0.15, 0.2) is 101 Å². The molecule has 1 heterocycles. The molecule has 1 unspecified atom stereocenters. The third-order valence-corrected chi connectivity index (χ3v) is 8.43. The van der Waals surface area contributed by atoms with E-state index < -0.39 is 23.6 Å². The van der Waals surface area contributed by atoms with Crippen molar-refractivity contribution in [2.75, 3.05) is 38.2 Å². The molecule has 5 rings (SSSR count). The predicted octanol–water partition coefficient (Wildman–Crippen LogP) is 6.96. The summed E-state index contributed by atoms with van der Waals surface area (Å²) in [6.45, 7) is 6.07. The van der Waals surface area contributed by atoms with Crippen LogP contribution in [0.1, 0.15) is 54.6 Å². The Balaban J connectivity index is 1.21. The fraction of sp³-hybridized carbons (Fsp3) is 0.250. The quantitative estimate of drug-likeness (QED) is 0.115. The molecule has 4 aromatic carbocycles. The molecule has 0 aromatic heterocycles. The van der Waals surface area contributed by atoms with Gasteiger partial charge in [-0.05, 0) is 65.6 Å². The highest BCUT2D eigenvalue weighted by Crippen LogP contribution is 2.32. The number of nitrogens with zero attached hydrogens (tertiary/aromatic N) is 2. The van der Waals surface area contributed by atoms with E-state index in [0.29, 0.717) is 16.6 Å². The van der Waals surface area contributed by atoms with Crippen LogP contribution in [0.4, 0.5) is 18.9 Å². The van der Waals surface area contributed by atoms with Crippen LogP contribution in [0, 0.1) is 6.92 Å². The summed E-state index contributed by atoms with van der Waals surface area (Å²) in [7, 11) is 0. The minimum absolute atomic E-state index is 0.0840. The molecule has 3 N–H and O–H groups in total. The molecule has 0 spiro atoms. The summed E-state index contributed by atoms with van der Waals surface area (Å²) in [6, 6.07) is 26.2. The van der Waals surface area contributed by atoms with Crippen LogP contribution < -0.4 is 16.1 Å². The zero-order valence-electron chi connectivity index (χ0n) is 26.2. The number of ether oxygens (including phenoxy) is 1. The molecular formula is C36H35BrF3N5O3. The van der Waals surface area contributed by atoms with E-state index in [-0.39, 0.29) is 28.4 Å². The summed E-state index contributed by atoms with van der Waals surface area (Å²) in [4.78, 5) is 28.6. The largest absolute Gasteiger partial charge is 0.416 e. The van der Waals surface area contributed by atoms with E-state index >= 15 is 0 Å². The Morgan fingerprint density at radius 1 is 0.958 bits per heavy atom. The summed E-state index contributed by atoms with van der Waals surface area (Å²) in [6.07, 6.45) is -3.38. The Hall–Kier alpha value is -4.36. The second kappa shape index (κ2) is 16.2. The Kier molecular flexibility index (Phi) is 11.8. The highest BCUT2D eigenvalue weighted by atomic mass is 79.9. The first-order chi connectivity index (χ1) is 23.1. The number of halogens is 4. The van der Waals surface area contributed by atoms with Gasteiger partial charge in [-0.25, -0.2) is 5.43 Å². The number of hydrazone groups is 1. The van der Waals surface area contributed by atoms with Crippen molar-refractivity contribution in [3.05, 3.63) is 134 Å². The molecule has 4 aromatic rings. The number of rotatable bonds is 11. The van der Waals surface area contributed by atoms with Crippen molar-refractivity contribution in [3.8, 4) is 0 Å². The minimum Gasteiger partial charge on any atom is -0.379 e. The van der Waals surface area contributed by atoms with Crippen LogP contribution in [0.3, 0.4) is 0 Å². The summed E-state index contributed by atoms with van der Waals surface area (Å²) in [5, 5.41) is 10.3. The standard InChI is InChI=1S/C36H35BrF3N5O3/c1-24-7-8-26(19-31(24)36(38,39)40)22-42-44-35(47)30-20-29(37)13-14-32(30)43-34(46)28-11-9-25(10-12-28)21-41-33(27-5-3-2-4-6-27)23-45-15-17-48-18-16-45/h2-14,19-20,22,33,41H,15-18,21,23H2,1H3,(H,43,46)(H,44,47). The summed E-state index contributed by atoms with van der Waals surface area (Å²) in [5.74, 6) is -1.07. The Labute approximate surface area is 285 Å². The predicted molar refractivity (Wildman–Crippen MR) is 183 cm³/mol. The van der Waals surface area contributed by atoms with Crippen LogP contribution in [-0.2, 0) is 17.5 Å². The fourth-order valence-corrected chi connectivity index (χ4v) is 5.65. The number of alkyl halides is 3. The molecule has 8 nitrogen and oxygen atoms in total. The van der Waals surface area contributed by atoms with E-state index in [4.69, 9.17) is 4.74 Å². The number of nitrogens with one attached hydrogen (secondary N) is 3. The first-order valence-corrected chi connectivity index (χ1v) is 16.2. The number of carbonyl (C=O) groups is 2. The van der Waals surface area contributed by atoms with Crippen molar-refractivity contribution in [2.24, 2.45) is 5.10 Å². The first-order valence-electron chi connectivity index (χ1n) is 15.4. The van der Waals surface area contributed by atoms with Gasteiger partial charge in [0.15, 0.2) is 0 Å². The summed E-state index contributed by atoms with van der Waals surface area (Å²) < 4.78 is 45.9. The van der Waals surface area contributed by atoms with E-state index in [1.54, 1.807) is 24.3 Å². The number of benzene rings is 4. The zero-order valence-corrected chi connectivity index (χ0v) is 27.8. The molecule has 250 valence electrons. The van der Waals surface area contributed by atoms with Crippen molar-refractivity contribution in [2.45, 2.75) is 25.7 Å². The van der Waals surface area contributed by atoms with Gasteiger partial charge in [0.25, 0.3) is 11.8 Å². The van der Waals surface area contributed by atoms with Gasteiger partial charge in [-0.2, -0.15) is 18.3 Å². The highest BCUT2D eigenvalue weighted by Gasteiger charge is 2.32. The molecule has 2 amide bonds. The van der Waals surface area contributed by atoms with Crippen molar-refractivity contribution < 1.29 is 27.5 Å². The van der Waals surface area contributed by atoms with Gasteiger partial charge >= 0.3 is 6.18 Å². The third kappa shape index (κ3) is 9.60. The molecule has 0 saturated carbocycles. The number of hydrogen-bond acceptors (Lipinski definition) is 6. The van der Waals surface area contributed by atoms with Gasteiger partial charge in [0, 0.05) is 42.3 Å². The first kappa shape index (κ1) is 35.0. The number of anilines is 1. The number of carbonyl (C=O) groups excluding carboxylic acids is 2. The SMILES string of the molecule is Cc1ccc(C=NNC(=O)c2cc(Br)ccc2NC(=O)c2ccc(CNC(CN3CCOCC3)c3ccccc3)cc2)cc1C(F)(F)F. The number of aryl methyl sites for hydroxylation is 1. The van der Waals surface area contributed by atoms with Crippen LogP contribution in [0.5, 0.6) is 0 Å². The number of morpholine rings is 1. The third-order valence-electron chi connectivity index (χ3n) is 7.94. The van der Waals surface area contributed by atoms with Gasteiger partial charge in [-0.15, -0.1) is 0 Å². The zero-order chi connectivity index (χ0) is 34.1. The molecule has 1 fully saturated rings. The molecule has 0 bridgehead atoms.